The van der Waals surface area contributed by atoms with Gasteiger partial charge in [-0.05, 0) is 24.3 Å². The summed E-state index contributed by atoms with van der Waals surface area (Å²) < 4.78 is 11.3. The minimum atomic E-state index is 0.0357. The number of hydrogen-bond acceptors (Lipinski definition) is 3. The van der Waals surface area contributed by atoms with Crippen LogP contribution in [0.15, 0.2) is 0 Å². The molecule has 0 amide bonds. The number of hydrogen-bond donors (Lipinski definition) is 1. The third-order valence-corrected chi connectivity index (χ3v) is 3.59. The van der Waals surface area contributed by atoms with Crippen molar-refractivity contribution in [2.24, 2.45) is 11.3 Å². The zero-order valence-corrected chi connectivity index (χ0v) is 10.7. The Morgan fingerprint density at radius 2 is 2.20 bits per heavy atom. The molecule has 0 radical (unpaired) electrons. The van der Waals surface area contributed by atoms with E-state index >= 15 is 0 Å². The number of ether oxygens (including phenoxy) is 2. The van der Waals surface area contributed by atoms with Crippen LogP contribution < -0.4 is 5.32 Å². The largest absolute Gasteiger partial charge is 0.374 e. The minimum absolute atomic E-state index is 0.0357. The van der Waals surface area contributed by atoms with Gasteiger partial charge in [0.2, 0.25) is 0 Å². The van der Waals surface area contributed by atoms with Gasteiger partial charge in [-0.1, -0.05) is 27.7 Å². The molecule has 1 aliphatic rings. The first kappa shape index (κ1) is 12.9. The fourth-order valence-corrected chi connectivity index (χ4v) is 1.98. The average molecular weight is 215 g/mol. The van der Waals surface area contributed by atoms with Gasteiger partial charge in [-0.2, -0.15) is 0 Å². The molecule has 1 N–H and O–H groups in total. The number of likely N-dealkylation sites (N-methyl/N-ethyl adjacent to an activating group) is 1. The van der Waals surface area contributed by atoms with E-state index in [4.69, 9.17) is 9.47 Å². The van der Waals surface area contributed by atoms with E-state index in [9.17, 15) is 0 Å². The van der Waals surface area contributed by atoms with Crippen LogP contribution in [0.1, 0.15) is 34.1 Å². The van der Waals surface area contributed by atoms with Crippen molar-refractivity contribution in [1.82, 2.24) is 5.32 Å². The third kappa shape index (κ3) is 3.16. The summed E-state index contributed by atoms with van der Waals surface area (Å²) in [6.07, 6.45) is 1.30. The van der Waals surface area contributed by atoms with Gasteiger partial charge in [0.25, 0.3) is 0 Å². The van der Waals surface area contributed by atoms with Crippen LogP contribution in [0.2, 0.25) is 0 Å². The summed E-state index contributed by atoms with van der Waals surface area (Å²) in [6.45, 7) is 10.7. The van der Waals surface area contributed by atoms with E-state index in [0.717, 1.165) is 19.6 Å². The SMILES string of the molecule is CCNC(OC)C1CC(C)C(C)(C)CO1. The van der Waals surface area contributed by atoms with Gasteiger partial charge >= 0.3 is 0 Å². The zero-order chi connectivity index (χ0) is 11.5. The Labute approximate surface area is 93.5 Å². The molecule has 90 valence electrons. The monoisotopic (exact) mass is 215 g/mol. The standard InChI is InChI=1S/C12H25NO2/c1-6-13-11(14-5)10-7-9(2)12(3,4)8-15-10/h9-11,13H,6-8H2,1-5H3. The van der Waals surface area contributed by atoms with E-state index in [1.165, 1.54) is 0 Å². The van der Waals surface area contributed by atoms with Gasteiger partial charge in [-0.3, -0.25) is 5.32 Å². The molecule has 0 aromatic carbocycles. The lowest BCUT2D eigenvalue weighted by molar-refractivity contribution is -0.140. The van der Waals surface area contributed by atoms with E-state index < -0.39 is 0 Å². The van der Waals surface area contributed by atoms with Gasteiger partial charge in [0.05, 0.1) is 12.7 Å². The Bertz CT molecular complexity index is 194. The lowest BCUT2D eigenvalue weighted by Crippen LogP contribution is -2.49. The maximum Gasteiger partial charge on any atom is 0.134 e. The van der Waals surface area contributed by atoms with Crippen molar-refractivity contribution < 1.29 is 9.47 Å². The van der Waals surface area contributed by atoms with Crippen LogP contribution in [0.3, 0.4) is 0 Å². The van der Waals surface area contributed by atoms with Crippen LogP contribution >= 0.6 is 0 Å². The van der Waals surface area contributed by atoms with Gasteiger partial charge in [0, 0.05) is 7.11 Å². The van der Waals surface area contributed by atoms with Crippen LogP contribution in [0.4, 0.5) is 0 Å². The van der Waals surface area contributed by atoms with E-state index in [1.807, 2.05) is 0 Å². The lowest BCUT2D eigenvalue weighted by atomic mass is 9.75. The molecule has 0 bridgehead atoms. The number of nitrogens with one attached hydrogen (secondary N) is 1. The number of rotatable bonds is 4. The molecule has 1 rings (SSSR count). The Hall–Kier alpha value is -0.120. The summed E-state index contributed by atoms with van der Waals surface area (Å²) in [5, 5.41) is 3.30. The molecule has 3 heteroatoms. The highest BCUT2D eigenvalue weighted by molar-refractivity contribution is 4.85. The van der Waals surface area contributed by atoms with Crippen LogP contribution in [0.25, 0.3) is 0 Å². The second-order valence-corrected chi connectivity index (χ2v) is 5.19. The van der Waals surface area contributed by atoms with E-state index in [2.05, 4.69) is 33.0 Å². The highest BCUT2D eigenvalue weighted by Gasteiger charge is 2.37. The van der Waals surface area contributed by atoms with Gasteiger partial charge in [0.1, 0.15) is 6.23 Å². The Morgan fingerprint density at radius 1 is 1.53 bits per heavy atom. The summed E-state index contributed by atoms with van der Waals surface area (Å²) in [5.41, 5.74) is 0.293. The topological polar surface area (TPSA) is 30.5 Å². The second kappa shape index (κ2) is 5.28. The Kier molecular flexibility index (Phi) is 4.56. The maximum atomic E-state index is 5.88. The molecule has 3 nitrogen and oxygen atoms in total. The molecule has 1 saturated heterocycles. The Morgan fingerprint density at radius 3 is 2.67 bits per heavy atom. The van der Waals surface area contributed by atoms with Gasteiger partial charge < -0.3 is 9.47 Å². The highest BCUT2D eigenvalue weighted by atomic mass is 16.5. The van der Waals surface area contributed by atoms with Gasteiger partial charge in [-0.25, -0.2) is 0 Å². The summed E-state index contributed by atoms with van der Waals surface area (Å²) in [4.78, 5) is 0. The van der Waals surface area contributed by atoms with Crippen molar-refractivity contribution in [1.29, 1.82) is 0 Å². The molecule has 1 fully saturated rings. The molecule has 1 aliphatic heterocycles. The van der Waals surface area contributed by atoms with Crippen molar-refractivity contribution in [2.75, 3.05) is 20.3 Å². The van der Waals surface area contributed by atoms with Crippen LogP contribution in [-0.4, -0.2) is 32.6 Å². The predicted molar refractivity (Wildman–Crippen MR) is 61.8 cm³/mol. The Balaban J connectivity index is 2.52. The second-order valence-electron chi connectivity index (χ2n) is 5.19. The molecule has 1 heterocycles. The summed E-state index contributed by atoms with van der Waals surface area (Å²) >= 11 is 0. The van der Waals surface area contributed by atoms with E-state index in [1.54, 1.807) is 7.11 Å². The fourth-order valence-electron chi connectivity index (χ4n) is 1.98. The molecule has 0 spiro atoms. The van der Waals surface area contributed by atoms with Crippen molar-refractivity contribution in [3.05, 3.63) is 0 Å². The first-order chi connectivity index (χ1) is 7.01. The third-order valence-electron chi connectivity index (χ3n) is 3.59. The summed E-state index contributed by atoms with van der Waals surface area (Å²) in [5.74, 6) is 0.674. The molecule has 15 heavy (non-hydrogen) atoms. The first-order valence-electron chi connectivity index (χ1n) is 5.89. The molecular weight excluding hydrogens is 190 g/mol. The first-order valence-corrected chi connectivity index (χ1v) is 5.89. The predicted octanol–water partition coefficient (Wildman–Crippen LogP) is 2.02. The zero-order valence-electron chi connectivity index (χ0n) is 10.7. The van der Waals surface area contributed by atoms with Crippen molar-refractivity contribution in [3.8, 4) is 0 Å². The molecule has 3 atom stereocenters. The summed E-state index contributed by atoms with van der Waals surface area (Å²) in [7, 11) is 1.74. The number of methoxy groups -OCH3 is 1. The van der Waals surface area contributed by atoms with Crippen LogP contribution in [0, 0.1) is 11.3 Å². The van der Waals surface area contributed by atoms with Crippen LogP contribution in [-0.2, 0) is 9.47 Å². The van der Waals surface area contributed by atoms with E-state index in [0.29, 0.717) is 11.3 Å². The molecule has 0 saturated carbocycles. The maximum absolute atomic E-state index is 5.88. The fraction of sp³-hybridized carbons (Fsp3) is 1.00. The highest BCUT2D eigenvalue weighted by Crippen LogP contribution is 2.36. The van der Waals surface area contributed by atoms with Crippen molar-refractivity contribution in [2.45, 2.75) is 46.4 Å². The molecule has 0 aromatic rings. The van der Waals surface area contributed by atoms with Crippen molar-refractivity contribution >= 4 is 0 Å². The van der Waals surface area contributed by atoms with E-state index in [-0.39, 0.29) is 12.3 Å². The van der Waals surface area contributed by atoms with Crippen LogP contribution in [0.5, 0.6) is 0 Å². The molecular formula is C12H25NO2. The normalized spacial score (nSPS) is 32.6. The average Bonchev–Trinajstić information content (AvgIpc) is 2.19. The molecule has 0 aromatic heterocycles. The van der Waals surface area contributed by atoms with Gasteiger partial charge in [0.15, 0.2) is 0 Å². The smallest absolute Gasteiger partial charge is 0.134 e. The molecule has 0 aliphatic carbocycles. The van der Waals surface area contributed by atoms with Crippen molar-refractivity contribution in [3.63, 3.8) is 0 Å². The quantitative estimate of drug-likeness (QED) is 0.728. The molecule has 3 unspecified atom stereocenters. The lowest BCUT2D eigenvalue weighted by Gasteiger charge is -2.42. The minimum Gasteiger partial charge on any atom is -0.374 e. The van der Waals surface area contributed by atoms with Gasteiger partial charge in [-0.15, -0.1) is 0 Å². The summed E-state index contributed by atoms with van der Waals surface area (Å²) in [6, 6.07) is 0.